The molecule has 23 heavy (non-hydrogen) atoms. The molecule has 0 saturated heterocycles. The zero-order valence-electron chi connectivity index (χ0n) is 12.5. The Labute approximate surface area is 135 Å². The summed E-state index contributed by atoms with van der Waals surface area (Å²) in [6, 6.07) is 9.52. The Kier molecular flexibility index (Phi) is 5.40. The summed E-state index contributed by atoms with van der Waals surface area (Å²) >= 11 is 0. The topological polar surface area (TPSA) is 63.3 Å². The van der Waals surface area contributed by atoms with Crippen LogP contribution in [-0.2, 0) is 5.66 Å². The Balaban J connectivity index is 2.30. The van der Waals surface area contributed by atoms with Gasteiger partial charge in [0.2, 0.25) is 0 Å². The molecule has 1 aromatic heterocycles. The van der Waals surface area contributed by atoms with E-state index in [1.54, 1.807) is 51.7 Å². The number of allylic oxidation sites excluding steroid dienone is 1. The van der Waals surface area contributed by atoms with Gasteiger partial charge in [-0.05, 0) is 25.1 Å². The van der Waals surface area contributed by atoms with Crippen molar-refractivity contribution in [2.24, 2.45) is 10.7 Å². The van der Waals surface area contributed by atoms with Crippen molar-refractivity contribution >= 4 is 32.3 Å². The number of rotatable bonds is 5. The van der Waals surface area contributed by atoms with Crippen LogP contribution in [0.4, 0.5) is 26.0 Å². The highest BCUT2D eigenvalue weighted by Crippen LogP contribution is 2.39. The number of aromatic nitrogens is 1. The van der Waals surface area contributed by atoms with E-state index in [9.17, 15) is 8.78 Å². The van der Waals surface area contributed by atoms with Gasteiger partial charge in [0.15, 0.2) is 5.82 Å². The van der Waals surface area contributed by atoms with Crippen molar-refractivity contribution in [3.63, 3.8) is 0 Å². The second-order valence-corrected chi connectivity index (χ2v) is 5.46. The van der Waals surface area contributed by atoms with E-state index in [4.69, 9.17) is 5.73 Å². The van der Waals surface area contributed by atoms with Gasteiger partial charge in [-0.3, -0.25) is 0 Å². The Hall–Kier alpha value is -2.33. The highest BCUT2D eigenvalue weighted by Gasteiger charge is 2.27. The summed E-state index contributed by atoms with van der Waals surface area (Å²) in [6.45, 7) is 1.83. The molecule has 2 aromatic rings. The quantitative estimate of drug-likeness (QED) is 0.486. The Bertz CT molecular complexity index is 739. The van der Waals surface area contributed by atoms with Crippen LogP contribution < -0.4 is 11.1 Å². The summed E-state index contributed by atoms with van der Waals surface area (Å²) in [4.78, 5) is 8.21. The monoisotopic (exact) mass is 334 g/mol. The SMILES string of the molecule is C/C=C/C(N)=Nc1cc(Nc2ccccc2C(F)(F)P)ccn1. The number of nitrogens with one attached hydrogen (secondary N) is 1. The lowest BCUT2D eigenvalue weighted by Gasteiger charge is -2.16. The van der Waals surface area contributed by atoms with Gasteiger partial charge in [0.1, 0.15) is 5.84 Å². The fourth-order valence-electron chi connectivity index (χ4n) is 1.94. The molecule has 3 N–H and O–H groups in total. The van der Waals surface area contributed by atoms with Crippen LogP contribution in [0.5, 0.6) is 0 Å². The molecule has 4 nitrogen and oxygen atoms in total. The van der Waals surface area contributed by atoms with Crippen molar-refractivity contribution in [1.29, 1.82) is 0 Å². The molecule has 0 amide bonds. The highest BCUT2D eigenvalue weighted by molar-refractivity contribution is 7.17. The van der Waals surface area contributed by atoms with E-state index >= 15 is 0 Å². The molecule has 1 unspecified atom stereocenters. The number of alkyl halides is 2. The van der Waals surface area contributed by atoms with Crippen molar-refractivity contribution < 1.29 is 8.78 Å². The maximum Gasteiger partial charge on any atom is 0.285 e. The molecule has 0 fully saturated rings. The third-order valence-corrected chi connectivity index (χ3v) is 3.20. The lowest BCUT2D eigenvalue weighted by atomic mass is 10.1. The second-order valence-electron chi connectivity index (χ2n) is 4.73. The van der Waals surface area contributed by atoms with Crippen molar-refractivity contribution in [1.82, 2.24) is 4.98 Å². The zero-order chi connectivity index (χ0) is 16.9. The van der Waals surface area contributed by atoms with Crippen LogP contribution in [0.25, 0.3) is 0 Å². The molecule has 7 heteroatoms. The van der Waals surface area contributed by atoms with E-state index < -0.39 is 5.66 Å². The third-order valence-electron chi connectivity index (χ3n) is 2.89. The first-order valence-corrected chi connectivity index (χ1v) is 7.44. The lowest BCUT2D eigenvalue weighted by Crippen LogP contribution is -2.07. The minimum atomic E-state index is -3.02. The predicted octanol–water partition coefficient (Wildman–Crippen LogP) is 4.31. The minimum absolute atomic E-state index is 0.111. The van der Waals surface area contributed by atoms with E-state index in [0.717, 1.165) is 0 Å². The molecule has 0 saturated carbocycles. The summed E-state index contributed by atoms with van der Waals surface area (Å²) in [6.07, 6.45) is 4.94. The van der Waals surface area contributed by atoms with Gasteiger partial charge in [-0.25, -0.2) is 9.98 Å². The van der Waals surface area contributed by atoms with E-state index in [2.05, 4.69) is 15.3 Å². The number of benzene rings is 1. The van der Waals surface area contributed by atoms with Crippen molar-refractivity contribution in [3.8, 4) is 0 Å². The third kappa shape index (κ3) is 4.83. The minimum Gasteiger partial charge on any atom is -0.384 e. The maximum absolute atomic E-state index is 13.6. The van der Waals surface area contributed by atoms with E-state index in [1.807, 2.05) is 6.92 Å². The van der Waals surface area contributed by atoms with Gasteiger partial charge >= 0.3 is 0 Å². The van der Waals surface area contributed by atoms with Crippen LogP contribution >= 0.6 is 9.24 Å². The number of anilines is 2. The van der Waals surface area contributed by atoms with Gasteiger partial charge < -0.3 is 11.1 Å². The largest absolute Gasteiger partial charge is 0.384 e. The van der Waals surface area contributed by atoms with Gasteiger partial charge in [-0.15, -0.1) is 0 Å². The summed E-state index contributed by atoms with van der Waals surface area (Å²) in [7, 11) is 1.54. The highest BCUT2D eigenvalue weighted by atomic mass is 31.0. The first kappa shape index (κ1) is 17.0. The van der Waals surface area contributed by atoms with Crippen LogP contribution in [-0.4, -0.2) is 10.8 Å². The summed E-state index contributed by atoms with van der Waals surface area (Å²) in [5.41, 5.74) is 3.48. The fraction of sp³-hybridized carbons (Fsp3) is 0.125. The van der Waals surface area contributed by atoms with Crippen molar-refractivity contribution in [2.75, 3.05) is 5.32 Å². The molecule has 1 heterocycles. The van der Waals surface area contributed by atoms with Crippen LogP contribution in [0, 0.1) is 0 Å². The molecule has 0 aliphatic carbocycles. The van der Waals surface area contributed by atoms with E-state index in [-0.39, 0.29) is 5.56 Å². The van der Waals surface area contributed by atoms with Crippen molar-refractivity contribution in [2.45, 2.75) is 12.6 Å². The molecular formula is C16H17F2N4P. The van der Waals surface area contributed by atoms with Crippen LogP contribution in [0.15, 0.2) is 59.7 Å². The van der Waals surface area contributed by atoms with Gasteiger partial charge in [0.25, 0.3) is 5.66 Å². The number of aliphatic imine (C=N–C) groups is 1. The van der Waals surface area contributed by atoms with Crippen LogP contribution in [0.1, 0.15) is 12.5 Å². The van der Waals surface area contributed by atoms with Gasteiger partial charge in [-0.2, -0.15) is 8.78 Å². The zero-order valence-corrected chi connectivity index (χ0v) is 13.7. The Morgan fingerprint density at radius 1 is 1.35 bits per heavy atom. The predicted molar refractivity (Wildman–Crippen MR) is 93.7 cm³/mol. The lowest BCUT2D eigenvalue weighted by molar-refractivity contribution is 0.105. The van der Waals surface area contributed by atoms with Crippen LogP contribution in [0.2, 0.25) is 0 Å². The number of pyridine rings is 1. The molecule has 1 atom stereocenters. The van der Waals surface area contributed by atoms with E-state index in [0.29, 0.717) is 23.0 Å². The number of hydrogen-bond donors (Lipinski definition) is 2. The molecule has 0 bridgehead atoms. The molecule has 2 rings (SSSR count). The number of hydrogen-bond acceptors (Lipinski definition) is 3. The first-order chi connectivity index (χ1) is 10.9. The number of amidine groups is 1. The molecule has 1 aromatic carbocycles. The smallest absolute Gasteiger partial charge is 0.285 e. The normalized spacial score (nSPS) is 12.6. The maximum atomic E-state index is 13.6. The average molecular weight is 334 g/mol. The number of nitrogens with zero attached hydrogens (tertiary/aromatic N) is 2. The van der Waals surface area contributed by atoms with Gasteiger partial charge in [0.05, 0.1) is 0 Å². The average Bonchev–Trinajstić information content (AvgIpc) is 2.47. The second kappa shape index (κ2) is 7.29. The number of nitrogens with two attached hydrogens (primary N) is 1. The number of halogens is 2. The molecule has 0 aliphatic heterocycles. The first-order valence-electron chi connectivity index (χ1n) is 6.86. The molecule has 120 valence electrons. The molecular weight excluding hydrogens is 317 g/mol. The van der Waals surface area contributed by atoms with Crippen LogP contribution in [0.3, 0.4) is 0 Å². The Morgan fingerprint density at radius 3 is 2.78 bits per heavy atom. The van der Waals surface area contributed by atoms with E-state index in [1.165, 1.54) is 12.3 Å². The Morgan fingerprint density at radius 2 is 2.09 bits per heavy atom. The van der Waals surface area contributed by atoms with Gasteiger partial charge in [-0.1, -0.05) is 33.5 Å². The molecule has 0 aliphatic rings. The number of para-hydroxylation sites is 1. The summed E-state index contributed by atoms with van der Waals surface area (Å²) in [5.74, 6) is 0.703. The molecule has 0 spiro atoms. The summed E-state index contributed by atoms with van der Waals surface area (Å²) < 4.78 is 27.2. The standard InChI is InChI=1S/C16H17F2N4P/c1-2-5-14(19)22-15-10-11(8-9-20-15)21-13-7-4-3-6-12(13)16(17,18)23/h2-10H,23H2,1H3,(H3,19,20,21,22)/b5-2+. The summed E-state index contributed by atoms with van der Waals surface area (Å²) in [5, 5.41) is 2.96. The molecule has 0 radical (unpaired) electrons. The fourth-order valence-corrected chi connectivity index (χ4v) is 2.19. The van der Waals surface area contributed by atoms with Crippen molar-refractivity contribution in [3.05, 3.63) is 60.3 Å². The van der Waals surface area contributed by atoms with Gasteiger partial charge in [0, 0.05) is 29.2 Å².